The van der Waals surface area contributed by atoms with Gasteiger partial charge in [-0.25, -0.2) is 0 Å². The fraction of sp³-hybridized carbons (Fsp3) is 0.400. The summed E-state index contributed by atoms with van der Waals surface area (Å²) in [5.41, 5.74) is 8.49. The molecule has 4 heterocycles. The quantitative estimate of drug-likeness (QED) is 0.553. The van der Waals surface area contributed by atoms with Crippen molar-refractivity contribution in [2.75, 3.05) is 50.5 Å². The number of aryl methyl sites for hydroxylation is 1. The van der Waals surface area contributed by atoms with Crippen molar-refractivity contribution in [2.45, 2.75) is 25.9 Å². The Balaban J connectivity index is 1.18. The Morgan fingerprint density at radius 1 is 1.11 bits per heavy atom. The molecule has 0 spiro atoms. The largest absolute Gasteiger partial charge is 0.497 e. The summed E-state index contributed by atoms with van der Waals surface area (Å²) in [6.07, 6.45) is 2.50. The number of fused-ring (bicyclic) bond motifs is 1. The van der Waals surface area contributed by atoms with Crippen LogP contribution >= 0.6 is 0 Å². The number of hydrogen-bond donors (Lipinski definition) is 1. The van der Waals surface area contributed by atoms with Crippen LogP contribution in [-0.4, -0.2) is 71.2 Å². The lowest BCUT2D eigenvalue weighted by molar-refractivity contribution is -0.131. The molecule has 0 atom stereocenters. The van der Waals surface area contributed by atoms with Crippen LogP contribution in [0.5, 0.6) is 5.75 Å². The molecule has 2 aliphatic heterocycles. The third kappa shape index (κ3) is 4.68. The Labute approximate surface area is 203 Å². The van der Waals surface area contributed by atoms with Crippen molar-refractivity contribution in [2.24, 2.45) is 0 Å². The molecule has 2 amide bonds. The molecule has 10 heteroatoms. The minimum atomic E-state index is -0.132. The van der Waals surface area contributed by atoms with Crippen molar-refractivity contribution in [1.29, 1.82) is 0 Å². The van der Waals surface area contributed by atoms with Crippen molar-refractivity contribution in [1.82, 2.24) is 19.6 Å². The van der Waals surface area contributed by atoms with E-state index in [2.05, 4.69) is 10.00 Å². The number of furan rings is 1. The zero-order valence-electron chi connectivity index (χ0n) is 19.9. The molecule has 0 bridgehead atoms. The molecule has 2 aromatic heterocycles. The number of methoxy groups -OCH3 is 1. The Hall–Kier alpha value is -3.95. The lowest BCUT2D eigenvalue weighted by atomic mass is 10.1. The van der Waals surface area contributed by atoms with Crippen molar-refractivity contribution in [3.63, 3.8) is 0 Å². The Morgan fingerprint density at radius 2 is 1.89 bits per heavy atom. The Kier molecular flexibility index (Phi) is 6.35. The van der Waals surface area contributed by atoms with Crippen molar-refractivity contribution < 1.29 is 18.7 Å². The smallest absolute Gasteiger partial charge is 0.272 e. The van der Waals surface area contributed by atoms with Crippen molar-refractivity contribution in [3.8, 4) is 5.75 Å². The average Bonchev–Trinajstić information content (AvgIpc) is 3.52. The number of hydrogen-bond acceptors (Lipinski definition) is 7. The van der Waals surface area contributed by atoms with Gasteiger partial charge in [0, 0.05) is 50.4 Å². The van der Waals surface area contributed by atoms with Crippen LogP contribution in [0.1, 0.15) is 28.2 Å². The van der Waals surface area contributed by atoms with Gasteiger partial charge in [0.1, 0.15) is 23.0 Å². The number of ether oxygens (including phenoxy) is 1. The van der Waals surface area contributed by atoms with Gasteiger partial charge in [0.15, 0.2) is 0 Å². The Morgan fingerprint density at radius 3 is 2.57 bits per heavy atom. The van der Waals surface area contributed by atoms with Gasteiger partial charge in [0.05, 0.1) is 26.5 Å². The Bertz CT molecular complexity index is 1180. The third-order valence-corrected chi connectivity index (χ3v) is 6.74. The van der Waals surface area contributed by atoms with Gasteiger partial charge in [-0.05, 0) is 42.8 Å². The summed E-state index contributed by atoms with van der Waals surface area (Å²) in [6.45, 7) is 4.11. The van der Waals surface area contributed by atoms with Gasteiger partial charge in [-0.1, -0.05) is 0 Å². The van der Waals surface area contributed by atoms with Crippen LogP contribution in [-0.2, 0) is 24.3 Å². The summed E-state index contributed by atoms with van der Waals surface area (Å²) >= 11 is 0. The van der Waals surface area contributed by atoms with Crippen LogP contribution in [0.4, 0.5) is 11.5 Å². The molecule has 0 unspecified atom stereocenters. The number of rotatable bonds is 7. The minimum absolute atomic E-state index is 0.0536. The van der Waals surface area contributed by atoms with Gasteiger partial charge in [-0.15, -0.1) is 0 Å². The normalized spacial score (nSPS) is 15.9. The van der Waals surface area contributed by atoms with E-state index in [4.69, 9.17) is 14.9 Å². The highest BCUT2D eigenvalue weighted by Crippen LogP contribution is 2.26. The van der Waals surface area contributed by atoms with E-state index >= 15 is 0 Å². The standard InChI is InChI=1S/C25H30N6O4/c1-34-19-6-4-18(5-7-19)28-12-14-29(15-13-28)22(32)9-11-31-23-21(24(26)27-31)8-10-30(25(23)33)17-20-3-2-16-35-20/h2-7,16H,8-15,17H2,1H3,(H2,26,27). The molecule has 2 aliphatic rings. The van der Waals surface area contributed by atoms with Gasteiger partial charge in [0.25, 0.3) is 5.91 Å². The van der Waals surface area contributed by atoms with Gasteiger partial charge >= 0.3 is 0 Å². The first-order valence-corrected chi connectivity index (χ1v) is 11.9. The van der Waals surface area contributed by atoms with E-state index in [1.165, 1.54) is 0 Å². The van der Waals surface area contributed by atoms with E-state index < -0.39 is 0 Å². The van der Waals surface area contributed by atoms with Gasteiger partial charge < -0.3 is 29.6 Å². The molecule has 3 aromatic rings. The van der Waals surface area contributed by atoms with Gasteiger partial charge in [-0.2, -0.15) is 5.10 Å². The highest BCUT2D eigenvalue weighted by molar-refractivity contribution is 5.96. The number of nitrogens with zero attached hydrogens (tertiary/aromatic N) is 5. The maximum Gasteiger partial charge on any atom is 0.272 e. The number of benzene rings is 1. The number of amides is 2. The minimum Gasteiger partial charge on any atom is -0.497 e. The second-order valence-electron chi connectivity index (χ2n) is 8.81. The number of aromatic nitrogens is 2. The second kappa shape index (κ2) is 9.73. The molecule has 5 rings (SSSR count). The summed E-state index contributed by atoms with van der Waals surface area (Å²) in [6, 6.07) is 11.6. The van der Waals surface area contributed by atoms with Gasteiger partial charge in [0.2, 0.25) is 5.91 Å². The molecule has 1 fully saturated rings. The predicted molar refractivity (Wildman–Crippen MR) is 130 cm³/mol. The molecule has 1 aromatic carbocycles. The first-order valence-electron chi connectivity index (χ1n) is 11.9. The lowest BCUT2D eigenvalue weighted by Gasteiger charge is -2.36. The first kappa shape index (κ1) is 22.8. The van der Waals surface area contributed by atoms with Crippen molar-refractivity contribution >= 4 is 23.3 Å². The van der Waals surface area contributed by atoms with Crippen LogP contribution in [0.2, 0.25) is 0 Å². The summed E-state index contributed by atoms with van der Waals surface area (Å²) in [5, 5.41) is 4.39. The van der Waals surface area contributed by atoms with Gasteiger partial charge in [-0.3, -0.25) is 14.3 Å². The van der Waals surface area contributed by atoms with E-state index in [9.17, 15) is 9.59 Å². The van der Waals surface area contributed by atoms with E-state index in [0.29, 0.717) is 50.7 Å². The molecule has 1 saturated heterocycles. The highest BCUT2D eigenvalue weighted by atomic mass is 16.5. The molecule has 2 N–H and O–H groups in total. The summed E-state index contributed by atoms with van der Waals surface area (Å²) in [4.78, 5) is 32.0. The second-order valence-corrected chi connectivity index (χ2v) is 8.81. The van der Waals surface area contributed by atoms with E-state index in [0.717, 1.165) is 35.9 Å². The fourth-order valence-electron chi connectivity index (χ4n) is 4.77. The molecule has 35 heavy (non-hydrogen) atoms. The molecular formula is C25H30N6O4. The van der Waals surface area contributed by atoms with Crippen LogP contribution in [0.25, 0.3) is 0 Å². The van der Waals surface area contributed by atoms with E-state index in [1.54, 1.807) is 29.0 Å². The molecular weight excluding hydrogens is 448 g/mol. The topological polar surface area (TPSA) is 110 Å². The number of anilines is 2. The van der Waals surface area contributed by atoms with Crippen LogP contribution in [0, 0.1) is 0 Å². The van der Waals surface area contributed by atoms with Crippen LogP contribution in [0.3, 0.4) is 0 Å². The molecule has 184 valence electrons. The number of nitrogen functional groups attached to an aromatic ring is 1. The zero-order valence-corrected chi connectivity index (χ0v) is 19.9. The number of nitrogens with two attached hydrogens (primary N) is 1. The molecule has 0 radical (unpaired) electrons. The molecule has 10 nitrogen and oxygen atoms in total. The zero-order chi connectivity index (χ0) is 24.4. The lowest BCUT2D eigenvalue weighted by Crippen LogP contribution is -2.49. The summed E-state index contributed by atoms with van der Waals surface area (Å²) in [5.74, 6) is 1.84. The predicted octanol–water partition coefficient (Wildman–Crippen LogP) is 2.00. The number of piperazine rings is 1. The molecule has 0 aliphatic carbocycles. The highest BCUT2D eigenvalue weighted by Gasteiger charge is 2.32. The van der Waals surface area contributed by atoms with E-state index in [-0.39, 0.29) is 18.2 Å². The van der Waals surface area contributed by atoms with Crippen molar-refractivity contribution in [3.05, 3.63) is 59.7 Å². The first-order chi connectivity index (χ1) is 17.0. The number of carbonyl (C=O) groups excluding carboxylic acids is 2. The monoisotopic (exact) mass is 478 g/mol. The SMILES string of the molecule is COc1ccc(N2CCN(C(=O)CCn3nc(N)c4c3C(=O)N(Cc3ccco3)CC4)CC2)cc1. The van der Waals surface area contributed by atoms with Crippen LogP contribution < -0.4 is 15.4 Å². The van der Waals surface area contributed by atoms with Crippen LogP contribution in [0.15, 0.2) is 47.1 Å². The van der Waals surface area contributed by atoms with E-state index in [1.807, 2.05) is 35.2 Å². The average molecular weight is 479 g/mol. The number of carbonyl (C=O) groups is 2. The maximum absolute atomic E-state index is 13.2. The molecule has 0 saturated carbocycles. The summed E-state index contributed by atoms with van der Waals surface area (Å²) < 4.78 is 12.2. The maximum atomic E-state index is 13.2. The summed E-state index contributed by atoms with van der Waals surface area (Å²) in [7, 11) is 1.65. The third-order valence-electron chi connectivity index (χ3n) is 6.74. The fourth-order valence-corrected chi connectivity index (χ4v) is 4.77.